The molecule has 0 fully saturated rings. The van der Waals surface area contributed by atoms with Gasteiger partial charge in [-0.05, 0) is 6.08 Å². The topological polar surface area (TPSA) is 0 Å². The Morgan fingerprint density at radius 1 is 1.23 bits per heavy atom. The van der Waals surface area contributed by atoms with Gasteiger partial charge in [-0.25, -0.2) is 0 Å². The third-order valence-corrected chi connectivity index (χ3v) is 2.08. The molecule has 0 unspecified atom stereocenters. The Hall–Kier alpha value is -1.08. The molecular formula is C12H18N+. The van der Waals surface area contributed by atoms with Gasteiger partial charge in [-0.2, -0.15) is 0 Å². The standard InChI is InChI=1S/C12H18N/c1-4-10-13(2,3)11-12-8-6-5-7-9-12/h4-9H,1,10-11H2,2-3H3/q+1. The van der Waals surface area contributed by atoms with Crippen LogP contribution in [0.1, 0.15) is 5.56 Å². The lowest BCUT2D eigenvalue weighted by atomic mass is 10.2. The van der Waals surface area contributed by atoms with Crippen LogP contribution in [0.2, 0.25) is 0 Å². The molecule has 0 aliphatic rings. The fraction of sp³-hybridized carbons (Fsp3) is 0.333. The second-order valence-electron chi connectivity index (χ2n) is 4.05. The Morgan fingerprint density at radius 3 is 2.38 bits per heavy atom. The van der Waals surface area contributed by atoms with Crippen LogP contribution in [-0.4, -0.2) is 25.1 Å². The van der Waals surface area contributed by atoms with E-state index in [4.69, 9.17) is 0 Å². The molecule has 1 aromatic carbocycles. The SMILES string of the molecule is C=CC[N+](C)(C)Cc1ccccc1. The lowest BCUT2D eigenvalue weighted by Gasteiger charge is -2.28. The zero-order chi connectivity index (χ0) is 9.73. The molecule has 1 rings (SSSR count). The van der Waals surface area contributed by atoms with Gasteiger partial charge in [-0.1, -0.05) is 36.9 Å². The van der Waals surface area contributed by atoms with Gasteiger partial charge in [0.1, 0.15) is 6.54 Å². The van der Waals surface area contributed by atoms with Crippen molar-refractivity contribution in [3.63, 3.8) is 0 Å². The Morgan fingerprint density at radius 2 is 1.85 bits per heavy atom. The van der Waals surface area contributed by atoms with Crippen LogP contribution in [0.4, 0.5) is 0 Å². The van der Waals surface area contributed by atoms with Crippen molar-refractivity contribution in [2.45, 2.75) is 6.54 Å². The summed E-state index contributed by atoms with van der Waals surface area (Å²) in [6.07, 6.45) is 1.98. The normalized spacial score (nSPS) is 11.2. The quantitative estimate of drug-likeness (QED) is 0.488. The molecule has 0 saturated carbocycles. The van der Waals surface area contributed by atoms with Crippen LogP contribution in [0, 0.1) is 0 Å². The maximum absolute atomic E-state index is 3.77. The van der Waals surface area contributed by atoms with Crippen molar-refractivity contribution in [1.82, 2.24) is 0 Å². The molecule has 70 valence electrons. The summed E-state index contributed by atoms with van der Waals surface area (Å²) in [5.41, 5.74) is 1.38. The van der Waals surface area contributed by atoms with Crippen molar-refractivity contribution >= 4 is 0 Å². The highest BCUT2D eigenvalue weighted by Gasteiger charge is 2.12. The van der Waals surface area contributed by atoms with Crippen molar-refractivity contribution in [3.8, 4) is 0 Å². The minimum Gasteiger partial charge on any atom is -0.321 e. The summed E-state index contributed by atoms with van der Waals surface area (Å²) in [4.78, 5) is 0. The smallest absolute Gasteiger partial charge is 0.104 e. The first kappa shape index (κ1) is 10.0. The second kappa shape index (κ2) is 4.24. The molecule has 0 spiro atoms. The summed E-state index contributed by atoms with van der Waals surface area (Å²) in [5.74, 6) is 0. The summed E-state index contributed by atoms with van der Waals surface area (Å²) in [6, 6.07) is 10.6. The molecule has 0 N–H and O–H groups in total. The van der Waals surface area contributed by atoms with Crippen molar-refractivity contribution < 1.29 is 4.48 Å². The van der Waals surface area contributed by atoms with Crippen LogP contribution < -0.4 is 0 Å². The number of hydrogen-bond donors (Lipinski definition) is 0. The lowest BCUT2D eigenvalue weighted by molar-refractivity contribution is -0.897. The van der Waals surface area contributed by atoms with Gasteiger partial charge in [0.2, 0.25) is 0 Å². The Bertz CT molecular complexity index is 262. The Balaban J connectivity index is 2.63. The molecule has 1 aromatic rings. The van der Waals surface area contributed by atoms with E-state index in [-0.39, 0.29) is 0 Å². The molecule has 0 bridgehead atoms. The second-order valence-corrected chi connectivity index (χ2v) is 4.05. The van der Waals surface area contributed by atoms with E-state index in [2.05, 4.69) is 51.0 Å². The van der Waals surface area contributed by atoms with Crippen LogP contribution in [0.3, 0.4) is 0 Å². The van der Waals surface area contributed by atoms with E-state index in [1.54, 1.807) is 0 Å². The summed E-state index contributed by atoms with van der Waals surface area (Å²) in [5, 5.41) is 0. The molecule has 0 amide bonds. The van der Waals surface area contributed by atoms with Gasteiger partial charge in [0, 0.05) is 5.56 Å². The monoisotopic (exact) mass is 176 g/mol. The molecule has 0 atom stereocenters. The van der Waals surface area contributed by atoms with Crippen molar-refractivity contribution in [1.29, 1.82) is 0 Å². The third-order valence-electron chi connectivity index (χ3n) is 2.08. The first-order chi connectivity index (χ1) is 6.14. The number of quaternary nitrogens is 1. The van der Waals surface area contributed by atoms with Crippen LogP contribution in [0.25, 0.3) is 0 Å². The minimum absolute atomic E-state index is 0.966. The van der Waals surface area contributed by atoms with Crippen LogP contribution in [-0.2, 0) is 6.54 Å². The average Bonchev–Trinajstić information content (AvgIpc) is 2.04. The van der Waals surface area contributed by atoms with E-state index in [9.17, 15) is 0 Å². The predicted molar refractivity (Wildman–Crippen MR) is 57.3 cm³/mol. The van der Waals surface area contributed by atoms with E-state index < -0.39 is 0 Å². The lowest BCUT2D eigenvalue weighted by Crippen LogP contribution is -2.38. The molecule has 0 aliphatic carbocycles. The molecule has 1 nitrogen and oxygen atoms in total. The predicted octanol–water partition coefficient (Wildman–Crippen LogP) is 2.45. The largest absolute Gasteiger partial charge is 0.321 e. The van der Waals surface area contributed by atoms with E-state index >= 15 is 0 Å². The molecular weight excluding hydrogens is 158 g/mol. The summed E-state index contributed by atoms with van der Waals surface area (Å²) >= 11 is 0. The summed E-state index contributed by atoms with van der Waals surface area (Å²) < 4.78 is 0.966. The van der Waals surface area contributed by atoms with E-state index in [0.717, 1.165) is 17.6 Å². The van der Waals surface area contributed by atoms with Crippen molar-refractivity contribution in [3.05, 3.63) is 48.6 Å². The van der Waals surface area contributed by atoms with E-state index in [1.807, 2.05) is 6.08 Å². The minimum atomic E-state index is 0.966. The average molecular weight is 176 g/mol. The number of hydrogen-bond acceptors (Lipinski definition) is 0. The molecule has 0 heterocycles. The molecule has 0 radical (unpaired) electrons. The number of benzene rings is 1. The summed E-state index contributed by atoms with van der Waals surface area (Å²) in [7, 11) is 4.43. The van der Waals surface area contributed by atoms with Crippen LogP contribution in [0.15, 0.2) is 43.0 Å². The van der Waals surface area contributed by atoms with Crippen molar-refractivity contribution in [2.24, 2.45) is 0 Å². The molecule has 0 aliphatic heterocycles. The van der Waals surface area contributed by atoms with Gasteiger partial charge in [0.05, 0.1) is 20.6 Å². The number of likely N-dealkylation sites (N-methyl/N-ethyl adjacent to an activating group) is 1. The van der Waals surface area contributed by atoms with Gasteiger partial charge in [0.25, 0.3) is 0 Å². The fourth-order valence-electron chi connectivity index (χ4n) is 1.49. The summed E-state index contributed by atoms with van der Waals surface area (Å²) in [6.45, 7) is 5.84. The Kier molecular flexibility index (Phi) is 3.26. The van der Waals surface area contributed by atoms with Gasteiger partial charge in [-0.3, -0.25) is 0 Å². The first-order valence-corrected chi connectivity index (χ1v) is 4.61. The zero-order valence-electron chi connectivity index (χ0n) is 8.53. The third kappa shape index (κ3) is 3.43. The maximum atomic E-state index is 3.77. The molecule has 1 heteroatoms. The molecule has 0 saturated heterocycles. The van der Waals surface area contributed by atoms with Crippen LogP contribution in [0.5, 0.6) is 0 Å². The Labute approximate surface area is 80.9 Å². The first-order valence-electron chi connectivity index (χ1n) is 4.61. The van der Waals surface area contributed by atoms with Gasteiger partial charge in [-0.15, -0.1) is 0 Å². The van der Waals surface area contributed by atoms with Gasteiger partial charge in [0.15, 0.2) is 0 Å². The van der Waals surface area contributed by atoms with E-state index in [1.165, 1.54) is 5.56 Å². The van der Waals surface area contributed by atoms with Crippen LogP contribution >= 0.6 is 0 Å². The fourth-order valence-corrected chi connectivity index (χ4v) is 1.49. The van der Waals surface area contributed by atoms with E-state index in [0.29, 0.717) is 0 Å². The zero-order valence-corrected chi connectivity index (χ0v) is 8.53. The molecule has 0 aromatic heterocycles. The number of nitrogens with zero attached hydrogens (tertiary/aromatic N) is 1. The van der Waals surface area contributed by atoms with Crippen molar-refractivity contribution in [2.75, 3.05) is 20.6 Å². The highest BCUT2D eigenvalue weighted by Crippen LogP contribution is 2.08. The van der Waals surface area contributed by atoms with Gasteiger partial charge < -0.3 is 4.48 Å². The number of rotatable bonds is 4. The highest BCUT2D eigenvalue weighted by molar-refractivity contribution is 5.13. The highest BCUT2D eigenvalue weighted by atomic mass is 15.3. The molecule has 13 heavy (non-hydrogen) atoms. The maximum Gasteiger partial charge on any atom is 0.104 e. The van der Waals surface area contributed by atoms with Gasteiger partial charge >= 0.3 is 0 Å².